The number of nitriles is 1. The first-order valence-corrected chi connectivity index (χ1v) is 8.28. The van der Waals surface area contributed by atoms with Crippen LogP contribution in [0.4, 0.5) is 0 Å². The number of rotatable bonds is 4. The minimum absolute atomic E-state index is 0.203. The van der Waals surface area contributed by atoms with Gasteiger partial charge in [-0.15, -0.1) is 11.3 Å². The average molecular weight is 349 g/mol. The zero-order valence-corrected chi connectivity index (χ0v) is 13.7. The lowest BCUT2D eigenvalue weighted by Gasteiger charge is -2.05. The summed E-state index contributed by atoms with van der Waals surface area (Å²) in [5.74, 6) is 0.109. The number of hydrogen-bond acceptors (Lipinski definition) is 7. The molecule has 0 fully saturated rings. The molecule has 7 heteroatoms. The fraction of sp³-hybridized carbons (Fsp3) is 0.111. The number of carbonyl (C=O) groups excluding carboxylic acids is 1. The molecule has 0 saturated carbocycles. The molecule has 0 saturated heterocycles. The topological polar surface area (TPSA) is 85.1 Å². The van der Waals surface area contributed by atoms with Gasteiger partial charge >= 0.3 is 0 Å². The van der Waals surface area contributed by atoms with E-state index >= 15 is 0 Å². The number of ether oxygens (including phenoxy) is 2. The van der Waals surface area contributed by atoms with E-state index in [4.69, 9.17) is 9.47 Å². The molecule has 122 valence electrons. The predicted molar refractivity (Wildman–Crippen MR) is 90.6 cm³/mol. The standard InChI is InChI=1S/C18H11N3O3S/c19-8-12(13-3-1-2-6-20-13)17(22)16-9-21-18(25-16)11-4-5-14-15(7-11)24-10-23-14/h1-7,9,12H,10H2. The smallest absolute Gasteiger partial charge is 0.231 e. The molecule has 6 nitrogen and oxygen atoms in total. The van der Waals surface area contributed by atoms with Crippen molar-refractivity contribution in [2.75, 3.05) is 6.79 Å². The number of nitrogens with zero attached hydrogens (tertiary/aromatic N) is 3. The highest BCUT2D eigenvalue weighted by Crippen LogP contribution is 2.37. The summed E-state index contributed by atoms with van der Waals surface area (Å²) in [4.78, 5) is 21.5. The lowest BCUT2D eigenvalue weighted by molar-refractivity contribution is 0.0981. The summed E-state index contributed by atoms with van der Waals surface area (Å²) >= 11 is 1.24. The molecule has 1 aliphatic heterocycles. The van der Waals surface area contributed by atoms with Gasteiger partial charge in [-0.05, 0) is 30.3 Å². The highest BCUT2D eigenvalue weighted by Gasteiger charge is 2.25. The van der Waals surface area contributed by atoms with Gasteiger partial charge in [0.2, 0.25) is 6.79 Å². The molecule has 3 aromatic rings. The van der Waals surface area contributed by atoms with Crippen LogP contribution in [-0.2, 0) is 0 Å². The van der Waals surface area contributed by atoms with Gasteiger partial charge in [0.05, 0.1) is 16.6 Å². The van der Waals surface area contributed by atoms with Crippen molar-refractivity contribution in [3.63, 3.8) is 0 Å². The Hall–Kier alpha value is -3.24. The van der Waals surface area contributed by atoms with Crippen molar-refractivity contribution >= 4 is 17.1 Å². The van der Waals surface area contributed by atoms with Crippen LogP contribution in [0.2, 0.25) is 0 Å². The van der Waals surface area contributed by atoms with Crippen LogP contribution in [0.25, 0.3) is 10.6 Å². The molecule has 25 heavy (non-hydrogen) atoms. The molecular formula is C18H11N3O3S. The summed E-state index contributed by atoms with van der Waals surface area (Å²) in [7, 11) is 0. The summed E-state index contributed by atoms with van der Waals surface area (Å²) < 4.78 is 10.7. The predicted octanol–water partition coefficient (Wildman–Crippen LogP) is 3.42. The lowest BCUT2D eigenvalue weighted by Crippen LogP contribution is -2.11. The largest absolute Gasteiger partial charge is 0.454 e. The Labute approximate surface area is 147 Å². The molecule has 4 rings (SSSR count). The third kappa shape index (κ3) is 2.84. The summed E-state index contributed by atoms with van der Waals surface area (Å²) in [5.41, 5.74) is 1.27. The second-order valence-electron chi connectivity index (χ2n) is 5.28. The molecule has 1 unspecified atom stereocenters. The van der Waals surface area contributed by atoms with Crippen LogP contribution in [0.3, 0.4) is 0 Å². The molecule has 0 radical (unpaired) electrons. The Morgan fingerprint density at radius 3 is 2.88 bits per heavy atom. The second-order valence-corrected chi connectivity index (χ2v) is 6.31. The van der Waals surface area contributed by atoms with Crippen LogP contribution in [0.5, 0.6) is 11.5 Å². The molecule has 0 spiro atoms. The van der Waals surface area contributed by atoms with E-state index in [0.29, 0.717) is 27.1 Å². The molecule has 1 aliphatic rings. The SMILES string of the molecule is N#CC(C(=O)c1cnc(-c2ccc3c(c2)OCO3)s1)c1ccccn1. The number of ketones is 1. The summed E-state index contributed by atoms with van der Waals surface area (Å²) in [5, 5.41) is 10.1. The van der Waals surface area contributed by atoms with Gasteiger partial charge in [-0.3, -0.25) is 9.78 Å². The fourth-order valence-corrected chi connectivity index (χ4v) is 3.38. The van der Waals surface area contributed by atoms with E-state index in [1.54, 1.807) is 24.4 Å². The molecular weight excluding hydrogens is 338 g/mol. The van der Waals surface area contributed by atoms with Crippen LogP contribution >= 0.6 is 11.3 Å². The minimum Gasteiger partial charge on any atom is -0.454 e. The van der Waals surface area contributed by atoms with Gasteiger partial charge in [-0.1, -0.05) is 6.07 Å². The maximum Gasteiger partial charge on any atom is 0.231 e. The van der Waals surface area contributed by atoms with Crippen molar-refractivity contribution < 1.29 is 14.3 Å². The van der Waals surface area contributed by atoms with E-state index in [1.165, 1.54) is 17.5 Å². The summed E-state index contributed by atoms with van der Waals surface area (Å²) in [6.07, 6.45) is 3.07. The van der Waals surface area contributed by atoms with E-state index in [0.717, 1.165) is 5.56 Å². The number of Topliss-reactive ketones (excluding diaryl/α,β-unsaturated/α-hetero) is 1. The molecule has 3 heterocycles. The number of fused-ring (bicyclic) bond motifs is 1. The Bertz CT molecular complexity index is 979. The van der Waals surface area contributed by atoms with Crippen molar-refractivity contribution in [2.24, 2.45) is 0 Å². The highest BCUT2D eigenvalue weighted by molar-refractivity contribution is 7.17. The molecule has 1 aromatic carbocycles. The maximum atomic E-state index is 12.7. The maximum absolute atomic E-state index is 12.7. The Balaban J connectivity index is 1.63. The van der Waals surface area contributed by atoms with Crippen molar-refractivity contribution in [1.29, 1.82) is 5.26 Å². The van der Waals surface area contributed by atoms with Crippen LogP contribution < -0.4 is 9.47 Å². The lowest BCUT2D eigenvalue weighted by atomic mass is 10.0. The van der Waals surface area contributed by atoms with Gasteiger partial charge in [0.15, 0.2) is 23.2 Å². The summed E-state index contributed by atoms with van der Waals surface area (Å²) in [6.45, 7) is 0.203. The molecule has 0 N–H and O–H groups in total. The van der Waals surface area contributed by atoms with E-state index in [-0.39, 0.29) is 12.6 Å². The highest BCUT2D eigenvalue weighted by atomic mass is 32.1. The van der Waals surface area contributed by atoms with Gasteiger partial charge < -0.3 is 9.47 Å². The molecule has 1 atom stereocenters. The van der Waals surface area contributed by atoms with E-state index in [1.807, 2.05) is 24.3 Å². The van der Waals surface area contributed by atoms with Gasteiger partial charge in [0.25, 0.3) is 0 Å². The number of benzene rings is 1. The monoisotopic (exact) mass is 349 g/mol. The number of hydrogen-bond donors (Lipinski definition) is 0. The van der Waals surface area contributed by atoms with E-state index in [9.17, 15) is 10.1 Å². The van der Waals surface area contributed by atoms with Gasteiger partial charge in [-0.2, -0.15) is 5.26 Å². The van der Waals surface area contributed by atoms with Crippen molar-refractivity contribution in [1.82, 2.24) is 9.97 Å². The minimum atomic E-state index is -0.939. The number of aromatic nitrogens is 2. The first-order chi connectivity index (χ1) is 12.3. The first kappa shape index (κ1) is 15.3. The zero-order chi connectivity index (χ0) is 17.2. The fourth-order valence-electron chi connectivity index (χ4n) is 2.50. The third-order valence-electron chi connectivity index (χ3n) is 3.74. The Morgan fingerprint density at radius 1 is 1.20 bits per heavy atom. The Morgan fingerprint density at radius 2 is 2.08 bits per heavy atom. The average Bonchev–Trinajstić information content (AvgIpc) is 3.32. The van der Waals surface area contributed by atoms with Crippen LogP contribution in [0.15, 0.2) is 48.8 Å². The van der Waals surface area contributed by atoms with E-state index < -0.39 is 5.92 Å². The number of carbonyl (C=O) groups is 1. The van der Waals surface area contributed by atoms with Crippen LogP contribution in [0.1, 0.15) is 21.3 Å². The normalized spacial score (nSPS) is 13.2. The number of thiazole rings is 1. The van der Waals surface area contributed by atoms with Crippen LogP contribution in [0, 0.1) is 11.3 Å². The molecule has 2 aromatic heterocycles. The quantitative estimate of drug-likeness (QED) is 0.671. The van der Waals surface area contributed by atoms with Crippen molar-refractivity contribution in [3.05, 3.63) is 59.4 Å². The van der Waals surface area contributed by atoms with Crippen LogP contribution in [-0.4, -0.2) is 22.5 Å². The van der Waals surface area contributed by atoms with Crippen molar-refractivity contribution in [3.8, 4) is 28.1 Å². The van der Waals surface area contributed by atoms with E-state index in [2.05, 4.69) is 9.97 Å². The van der Waals surface area contributed by atoms with Gasteiger partial charge in [0.1, 0.15) is 5.01 Å². The van der Waals surface area contributed by atoms with Gasteiger partial charge in [0, 0.05) is 18.0 Å². The molecule has 0 aliphatic carbocycles. The summed E-state index contributed by atoms with van der Waals surface area (Å²) in [6, 6.07) is 12.7. The molecule has 0 amide bonds. The second kappa shape index (κ2) is 6.34. The number of pyridine rings is 1. The molecule has 0 bridgehead atoms. The van der Waals surface area contributed by atoms with Gasteiger partial charge in [-0.25, -0.2) is 4.98 Å². The first-order valence-electron chi connectivity index (χ1n) is 7.47. The van der Waals surface area contributed by atoms with Crippen molar-refractivity contribution in [2.45, 2.75) is 5.92 Å². The zero-order valence-electron chi connectivity index (χ0n) is 12.9. The third-order valence-corrected chi connectivity index (χ3v) is 4.80. The Kier molecular flexibility index (Phi) is 3.88.